The summed E-state index contributed by atoms with van der Waals surface area (Å²) in [6.07, 6.45) is 4.00. The van der Waals surface area contributed by atoms with Crippen LogP contribution in [0.1, 0.15) is 12.8 Å². The summed E-state index contributed by atoms with van der Waals surface area (Å²) in [6, 6.07) is 1.82. The third-order valence-corrected chi connectivity index (χ3v) is 2.08. The summed E-state index contributed by atoms with van der Waals surface area (Å²) >= 11 is 0. The Morgan fingerprint density at radius 3 is 3.20 bits per heavy atom. The minimum absolute atomic E-state index is 0.145. The maximum absolute atomic E-state index is 10.3. The van der Waals surface area contributed by atoms with Gasteiger partial charge in [0.05, 0.1) is 11.7 Å². The molecule has 0 saturated carbocycles. The molecule has 2 rings (SSSR count). The van der Waals surface area contributed by atoms with Gasteiger partial charge in [0.1, 0.15) is 5.52 Å². The maximum Gasteiger partial charge on any atom is 0.303 e. The first kappa shape index (κ1) is 9.57. The van der Waals surface area contributed by atoms with Gasteiger partial charge in [-0.3, -0.25) is 9.78 Å². The van der Waals surface area contributed by atoms with E-state index in [1.807, 2.05) is 6.07 Å². The van der Waals surface area contributed by atoms with Gasteiger partial charge < -0.3 is 5.11 Å². The lowest BCUT2D eigenvalue weighted by Crippen LogP contribution is -2.03. The Hall–Kier alpha value is -1.98. The fraction of sp³-hybridized carbons (Fsp3) is 0.333. The number of aryl methyl sites for hydroxylation is 1. The Kier molecular flexibility index (Phi) is 2.57. The molecule has 2 heterocycles. The van der Waals surface area contributed by atoms with Crippen molar-refractivity contribution in [1.29, 1.82) is 0 Å². The molecule has 0 aliphatic rings. The molecule has 0 aliphatic carbocycles. The molecule has 6 heteroatoms. The van der Waals surface area contributed by atoms with Crippen LogP contribution in [-0.2, 0) is 11.3 Å². The number of hydrogen-bond donors (Lipinski definition) is 1. The zero-order valence-electron chi connectivity index (χ0n) is 8.00. The predicted octanol–water partition coefficient (Wildman–Crippen LogP) is 0.691. The molecule has 0 unspecified atom stereocenters. The molecular formula is C9H10N4O2. The molecular weight excluding hydrogens is 196 g/mol. The molecule has 0 radical (unpaired) electrons. The zero-order chi connectivity index (χ0) is 10.7. The molecule has 0 atom stereocenters. The van der Waals surface area contributed by atoms with Crippen LogP contribution in [0.5, 0.6) is 0 Å². The van der Waals surface area contributed by atoms with Crippen molar-refractivity contribution in [2.45, 2.75) is 19.4 Å². The smallest absolute Gasteiger partial charge is 0.303 e. The van der Waals surface area contributed by atoms with Gasteiger partial charge in [-0.25, -0.2) is 4.68 Å². The number of carboxylic acids is 1. The molecule has 1 N–H and O–H groups in total. The van der Waals surface area contributed by atoms with Gasteiger partial charge in [-0.2, -0.15) is 0 Å². The monoisotopic (exact) mass is 206 g/mol. The number of nitrogens with zero attached hydrogens (tertiary/aromatic N) is 4. The van der Waals surface area contributed by atoms with Gasteiger partial charge in [-0.1, -0.05) is 5.21 Å². The Balaban J connectivity index is 2.11. The van der Waals surface area contributed by atoms with Gasteiger partial charge in [0.15, 0.2) is 0 Å². The number of rotatable bonds is 4. The van der Waals surface area contributed by atoms with Crippen molar-refractivity contribution in [3.8, 4) is 0 Å². The summed E-state index contributed by atoms with van der Waals surface area (Å²) in [6.45, 7) is 0.562. The minimum atomic E-state index is -0.791. The topological polar surface area (TPSA) is 80.9 Å². The summed E-state index contributed by atoms with van der Waals surface area (Å²) in [5, 5.41) is 16.3. The highest BCUT2D eigenvalue weighted by Gasteiger charge is 2.04. The van der Waals surface area contributed by atoms with E-state index in [9.17, 15) is 4.79 Å². The van der Waals surface area contributed by atoms with Crippen molar-refractivity contribution in [3.05, 3.63) is 18.5 Å². The van der Waals surface area contributed by atoms with Crippen molar-refractivity contribution >= 4 is 17.0 Å². The number of aliphatic carboxylic acids is 1. The van der Waals surface area contributed by atoms with Crippen molar-refractivity contribution in [3.63, 3.8) is 0 Å². The van der Waals surface area contributed by atoms with Gasteiger partial charge in [-0.05, 0) is 12.5 Å². The molecule has 0 fully saturated rings. The Bertz CT molecular complexity index is 480. The second-order valence-corrected chi connectivity index (χ2v) is 3.17. The van der Waals surface area contributed by atoms with Crippen molar-refractivity contribution in [1.82, 2.24) is 20.0 Å². The molecule has 0 aromatic carbocycles. The van der Waals surface area contributed by atoms with Crippen LogP contribution in [0, 0.1) is 0 Å². The molecule has 0 aliphatic heterocycles. The lowest BCUT2D eigenvalue weighted by molar-refractivity contribution is -0.137. The number of carbonyl (C=O) groups is 1. The highest BCUT2D eigenvalue weighted by molar-refractivity contribution is 5.72. The quantitative estimate of drug-likeness (QED) is 0.795. The average molecular weight is 206 g/mol. The molecule has 2 aromatic heterocycles. The van der Waals surface area contributed by atoms with E-state index in [0.717, 1.165) is 11.0 Å². The summed E-state index contributed by atoms with van der Waals surface area (Å²) in [4.78, 5) is 14.3. The first-order valence-electron chi connectivity index (χ1n) is 4.62. The van der Waals surface area contributed by atoms with Crippen LogP contribution in [-0.4, -0.2) is 31.1 Å². The molecule has 0 spiro atoms. The highest BCUT2D eigenvalue weighted by Crippen LogP contribution is 2.08. The Morgan fingerprint density at radius 1 is 1.53 bits per heavy atom. The summed E-state index contributed by atoms with van der Waals surface area (Å²) < 4.78 is 1.69. The molecule has 78 valence electrons. The van der Waals surface area contributed by atoms with Crippen LogP contribution in [0.3, 0.4) is 0 Å². The average Bonchev–Trinajstić information content (AvgIpc) is 2.62. The molecule has 6 nitrogen and oxygen atoms in total. The van der Waals surface area contributed by atoms with Crippen LogP contribution in [0.25, 0.3) is 11.0 Å². The summed E-state index contributed by atoms with van der Waals surface area (Å²) in [7, 11) is 0. The third kappa shape index (κ3) is 2.09. The van der Waals surface area contributed by atoms with E-state index >= 15 is 0 Å². The molecule has 15 heavy (non-hydrogen) atoms. The van der Waals surface area contributed by atoms with Crippen LogP contribution in [0.15, 0.2) is 18.5 Å². The molecule has 0 saturated heterocycles. The maximum atomic E-state index is 10.3. The standard InChI is InChI=1S/C9H10N4O2/c14-9(15)2-1-5-13-8-3-4-10-6-7(8)11-12-13/h3-4,6H,1-2,5H2,(H,14,15). The first-order valence-corrected chi connectivity index (χ1v) is 4.62. The fourth-order valence-electron chi connectivity index (χ4n) is 1.37. The van der Waals surface area contributed by atoms with Gasteiger partial charge in [0.2, 0.25) is 0 Å². The lowest BCUT2D eigenvalue weighted by atomic mass is 10.3. The van der Waals surface area contributed by atoms with Gasteiger partial charge in [0.25, 0.3) is 0 Å². The van der Waals surface area contributed by atoms with E-state index < -0.39 is 5.97 Å². The summed E-state index contributed by atoms with van der Waals surface area (Å²) in [5.41, 5.74) is 1.61. The second-order valence-electron chi connectivity index (χ2n) is 3.17. The van der Waals surface area contributed by atoms with Crippen LogP contribution in [0.4, 0.5) is 0 Å². The Labute approximate surface area is 85.5 Å². The van der Waals surface area contributed by atoms with E-state index in [4.69, 9.17) is 5.11 Å². The van der Waals surface area contributed by atoms with Gasteiger partial charge in [0, 0.05) is 19.2 Å². The molecule has 2 aromatic rings. The summed E-state index contributed by atoms with van der Waals surface area (Å²) in [5.74, 6) is -0.791. The predicted molar refractivity (Wildman–Crippen MR) is 52.2 cm³/mol. The molecule has 0 amide bonds. The second kappa shape index (κ2) is 4.04. The van der Waals surface area contributed by atoms with Gasteiger partial charge in [-0.15, -0.1) is 5.10 Å². The fourth-order valence-corrected chi connectivity index (χ4v) is 1.37. The minimum Gasteiger partial charge on any atom is -0.481 e. The number of fused-ring (bicyclic) bond motifs is 1. The van der Waals surface area contributed by atoms with Crippen LogP contribution >= 0.6 is 0 Å². The van der Waals surface area contributed by atoms with Crippen molar-refractivity contribution in [2.75, 3.05) is 0 Å². The van der Waals surface area contributed by atoms with E-state index in [-0.39, 0.29) is 6.42 Å². The SMILES string of the molecule is O=C(O)CCCn1nnc2cnccc21. The highest BCUT2D eigenvalue weighted by atomic mass is 16.4. The van der Waals surface area contributed by atoms with Crippen LogP contribution < -0.4 is 0 Å². The van der Waals surface area contributed by atoms with E-state index in [2.05, 4.69) is 15.3 Å². The number of hydrogen-bond acceptors (Lipinski definition) is 4. The number of carboxylic acid groups (broad SMARTS) is 1. The largest absolute Gasteiger partial charge is 0.481 e. The number of pyridine rings is 1. The first-order chi connectivity index (χ1) is 7.27. The van der Waals surface area contributed by atoms with Crippen molar-refractivity contribution < 1.29 is 9.90 Å². The van der Waals surface area contributed by atoms with Crippen molar-refractivity contribution in [2.24, 2.45) is 0 Å². The lowest BCUT2D eigenvalue weighted by Gasteiger charge is -1.99. The normalized spacial score (nSPS) is 10.7. The van der Waals surface area contributed by atoms with Gasteiger partial charge >= 0.3 is 5.97 Å². The van der Waals surface area contributed by atoms with Crippen LogP contribution in [0.2, 0.25) is 0 Å². The third-order valence-electron chi connectivity index (χ3n) is 2.08. The van der Waals surface area contributed by atoms with E-state index in [0.29, 0.717) is 13.0 Å². The van der Waals surface area contributed by atoms with E-state index in [1.54, 1.807) is 17.1 Å². The molecule has 0 bridgehead atoms. The zero-order valence-corrected chi connectivity index (χ0v) is 8.00. The Morgan fingerprint density at radius 2 is 2.40 bits per heavy atom. The van der Waals surface area contributed by atoms with E-state index in [1.165, 1.54) is 0 Å². The number of aromatic nitrogens is 4.